The van der Waals surface area contributed by atoms with E-state index >= 15 is 0 Å². The van der Waals surface area contributed by atoms with E-state index in [0.29, 0.717) is 29.1 Å². The first kappa shape index (κ1) is 20.7. The Labute approximate surface area is 189 Å². The second-order valence-electron chi connectivity index (χ2n) is 8.26. The van der Waals surface area contributed by atoms with Gasteiger partial charge in [0.2, 0.25) is 11.8 Å². The first-order chi connectivity index (χ1) is 15.9. The smallest absolute Gasteiger partial charge is 0.272 e. The molecule has 3 N–H and O–H groups in total. The van der Waals surface area contributed by atoms with Crippen LogP contribution in [0, 0.1) is 6.92 Å². The van der Waals surface area contributed by atoms with Crippen molar-refractivity contribution in [2.24, 2.45) is 0 Å². The van der Waals surface area contributed by atoms with Crippen LogP contribution in [-0.4, -0.2) is 46.7 Å². The maximum Gasteiger partial charge on any atom is 0.272 e. The molecule has 0 saturated carbocycles. The molecule has 0 bridgehead atoms. The van der Waals surface area contributed by atoms with Crippen LogP contribution in [0.2, 0.25) is 0 Å². The predicted octanol–water partition coefficient (Wildman–Crippen LogP) is 2.50. The van der Waals surface area contributed by atoms with E-state index in [9.17, 15) is 19.2 Å². The zero-order valence-corrected chi connectivity index (χ0v) is 18.2. The number of carbonyl (C=O) groups excluding carboxylic acids is 4. The first-order valence-corrected chi connectivity index (χ1v) is 10.6. The van der Waals surface area contributed by atoms with Crippen molar-refractivity contribution in [3.05, 3.63) is 58.8 Å². The highest BCUT2D eigenvalue weighted by Gasteiger charge is 2.39. The number of ether oxygens (including phenoxy) is 1. The first-order valence-electron chi connectivity index (χ1n) is 10.6. The van der Waals surface area contributed by atoms with Crippen molar-refractivity contribution in [2.45, 2.75) is 32.4 Å². The molecule has 4 amide bonds. The van der Waals surface area contributed by atoms with Crippen LogP contribution in [0.1, 0.15) is 44.8 Å². The summed E-state index contributed by atoms with van der Waals surface area (Å²) in [5.74, 6) is -0.630. The average Bonchev–Trinajstić information content (AvgIpc) is 3.30. The number of anilines is 1. The van der Waals surface area contributed by atoms with E-state index in [4.69, 9.17) is 4.74 Å². The van der Waals surface area contributed by atoms with Gasteiger partial charge in [-0.2, -0.15) is 0 Å². The summed E-state index contributed by atoms with van der Waals surface area (Å²) < 4.78 is 5.25. The van der Waals surface area contributed by atoms with E-state index in [1.807, 2.05) is 25.1 Å². The third-order valence-electron chi connectivity index (χ3n) is 6.27. The van der Waals surface area contributed by atoms with Gasteiger partial charge in [0.1, 0.15) is 17.5 Å². The topological polar surface area (TPSA) is 121 Å². The number of rotatable bonds is 4. The molecule has 168 valence electrons. The Hall–Kier alpha value is -4.14. The predicted molar refractivity (Wildman–Crippen MR) is 120 cm³/mol. The molecule has 1 fully saturated rings. The highest BCUT2D eigenvalue weighted by Crippen LogP contribution is 2.30. The van der Waals surface area contributed by atoms with Crippen molar-refractivity contribution in [2.75, 3.05) is 12.4 Å². The minimum absolute atomic E-state index is 0.202. The van der Waals surface area contributed by atoms with Gasteiger partial charge in [-0.15, -0.1) is 0 Å². The SMILES string of the molecule is COc1ccc2c(C)c(C(=O)Nc3ccc4c(c3)CN(C3CCC(=O)NC3=O)C4=O)[nH]c2c1. The van der Waals surface area contributed by atoms with Crippen LogP contribution in [0.3, 0.4) is 0 Å². The molecule has 3 aromatic rings. The number of H-pyrrole nitrogens is 1. The van der Waals surface area contributed by atoms with Gasteiger partial charge in [0.15, 0.2) is 0 Å². The van der Waals surface area contributed by atoms with Crippen LogP contribution < -0.4 is 15.4 Å². The Morgan fingerprint density at radius 1 is 1.15 bits per heavy atom. The Balaban J connectivity index is 1.36. The molecule has 5 rings (SSSR count). The Bertz CT molecular complexity index is 1340. The van der Waals surface area contributed by atoms with Gasteiger partial charge in [-0.25, -0.2) is 0 Å². The van der Waals surface area contributed by atoms with Crippen LogP contribution in [0.25, 0.3) is 10.9 Å². The van der Waals surface area contributed by atoms with Gasteiger partial charge in [-0.05, 0) is 54.8 Å². The van der Waals surface area contributed by atoms with Gasteiger partial charge in [0.05, 0.1) is 7.11 Å². The van der Waals surface area contributed by atoms with Crippen molar-refractivity contribution in [1.29, 1.82) is 0 Å². The molecular weight excluding hydrogens is 424 g/mol. The maximum atomic E-state index is 13.0. The minimum atomic E-state index is -0.674. The van der Waals surface area contributed by atoms with Crippen LogP contribution in [0.15, 0.2) is 36.4 Å². The van der Waals surface area contributed by atoms with Gasteiger partial charge in [0, 0.05) is 41.2 Å². The molecule has 0 aliphatic carbocycles. The van der Waals surface area contributed by atoms with E-state index < -0.39 is 11.9 Å². The number of aromatic amines is 1. The molecule has 2 aliphatic heterocycles. The molecule has 3 heterocycles. The third kappa shape index (κ3) is 3.51. The average molecular weight is 446 g/mol. The van der Waals surface area contributed by atoms with Crippen LogP contribution >= 0.6 is 0 Å². The number of fused-ring (bicyclic) bond motifs is 2. The third-order valence-corrected chi connectivity index (χ3v) is 6.27. The molecule has 1 atom stereocenters. The van der Waals surface area contributed by atoms with E-state index in [1.54, 1.807) is 25.3 Å². The Kier molecular flexibility index (Phi) is 4.88. The zero-order chi connectivity index (χ0) is 23.3. The van der Waals surface area contributed by atoms with Crippen molar-refractivity contribution >= 4 is 40.2 Å². The maximum absolute atomic E-state index is 13.0. The summed E-state index contributed by atoms with van der Waals surface area (Å²) in [6, 6.07) is 9.98. The van der Waals surface area contributed by atoms with E-state index in [1.165, 1.54) is 4.90 Å². The highest BCUT2D eigenvalue weighted by molar-refractivity contribution is 6.09. The second kappa shape index (κ2) is 7.77. The van der Waals surface area contributed by atoms with Gasteiger partial charge in [-0.1, -0.05) is 0 Å². The molecular formula is C24H22N4O5. The van der Waals surface area contributed by atoms with Crippen molar-refractivity contribution in [3.8, 4) is 5.75 Å². The standard InChI is InChI=1S/C24H22N4O5/c1-12-16-6-4-15(33-2)10-18(16)26-21(12)23(31)25-14-3-5-17-13(9-14)11-28(24(17)32)19-7-8-20(29)27-22(19)30/h3-6,9-10,19,26H,7-8,11H2,1-2H3,(H,25,31)(H,27,29,30). The van der Waals surface area contributed by atoms with E-state index in [2.05, 4.69) is 15.6 Å². The normalized spacial score (nSPS) is 17.8. The number of hydrogen-bond donors (Lipinski definition) is 3. The summed E-state index contributed by atoms with van der Waals surface area (Å²) in [6.07, 6.45) is 0.506. The lowest BCUT2D eigenvalue weighted by molar-refractivity contribution is -0.136. The zero-order valence-electron chi connectivity index (χ0n) is 18.2. The summed E-state index contributed by atoms with van der Waals surface area (Å²) in [6.45, 7) is 2.12. The lowest BCUT2D eigenvalue weighted by Crippen LogP contribution is -2.52. The number of carbonyl (C=O) groups is 4. The van der Waals surface area contributed by atoms with Crippen LogP contribution in [-0.2, 0) is 16.1 Å². The quantitative estimate of drug-likeness (QED) is 0.532. The lowest BCUT2D eigenvalue weighted by atomic mass is 10.0. The molecule has 0 spiro atoms. The summed E-state index contributed by atoms with van der Waals surface area (Å²) in [5.41, 5.74) is 3.83. The molecule has 9 heteroatoms. The lowest BCUT2D eigenvalue weighted by Gasteiger charge is -2.29. The molecule has 0 radical (unpaired) electrons. The number of aryl methyl sites for hydroxylation is 1. The fourth-order valence-corrected chi connectivity index (χ4v) is 4.52. The summed E-state index contributed by atoms with van der Waals surface area (Å²) >= 11 is 0. The number of benzene rings is 2. The Morgan fingerprint density at radius 3 is 2.73 bits per heavy atom. The van der Waals surface area contributed by atoms with Crippen molar-refractivity contribution in [1.82, 2.24) is 15.2 Å². The number of hydrogen-bond acceptors (Lipinski definition) is 5. The molecule has 9 nitrogen and oxygen atoms in total. The molecule has 2 aromatic carbocycles. The molecule has 1 unspecified atom stereocenters. The van der Waals surface area contributed by atoms with Gasteiger partial charge in [0.25, 0.3) is 11.8 Å². The second-order valence-corrected chi connectivity index (χ2v) is 8.26. The number of methoxy groups -OCH3 is 1. The van der Waals surface area contributed by atoms with Gasteiger partial charge >= 0.3 is 0 Å². The molecule has 1 aromatic heterocycles. The van der Waals surface area contributed by atoms with E-state index in [-0.39, 0.29) is 30.7 Å². The number of nitrogens with zero attached hydrogens (tertiary/aromatic N) is 1. The molecule has 1 saturated heterocycles. The minimum Gasteiger partial charge on any atom is -0.497 e. The summed E-state index contributed by atoms with van der Waals surface area (Å²) in [4.78, 5) is 54.1. The molecule has 33 heavy (non-hydrogen) atoms. The van der Waals surface area contributed by atoms with E-state index in [0.717, 1.165) is 22.0 Å². The number of aromatic nitrogens is 1. The van der Waals surface area contributed by atoms with Gasteiger partial charge < -0.3 is 19.9 Å². The summed E-state index contributed by atoms with van der Waals surface area (Å²) in [5, 5.41) is 6.11. The number of nitrogens with one attached hydrogen (secondary N) is 3. The highest BCUT2D eigenvalue weighted by atomic mass is 16.5. The fraction of sp³-hybridized carbons (Fsp3) is 0.250. The largest absolute Gasteiger partial charge is 0.497 e. The molecule has 2 aliphatic rings. The summed E-state index contributed by atoms with van der Waals surface area (Å²) in [7, 11) is 1.59. The van der Waals surface area contributed by atoms with Crippen molar-refractivity contribution in [3.63, 3.8) is 0 Å². The number of imide groups is 1. The fourth-order valence-electron chi connectivity index (χ4n) is 4.52. The van der Waals surface area contributed by atoms with Crippen molar-refractivity contribution < 1.29 is 23.9 Å². The monoisotopic (exact) mass is 446 g/mol. The van der Waals surface area contributed by atoms with Crippen LogP contribution in [0.5, 0.6) is 5.75 Å². The number of piperidine rings is 1. The van der Waals surface area contributed by atoms with Gasteiger partial charge in [-0.3, -0.25) is 24.5 Å². The Morgan fingerprint density at radius 2 is 1.97 bits per heavy atom. The van der Waals surface area contributed by atoms with Crippen LogP contribution in [0.4, 0.5) is 5.69 Å². The number of amides is 4.